The van der Waals surface area contributed by atoms with Crippen molar-refractivity contribution in [3.05, 3.63) is 23.7 Å². The zero-order valence-corrected chi connectivity index (χ0v) is 10.2. The summed E-state index contributed by atoms with van der Waals surface area (Å²) >= 11 is 0. The van der Waals surface area contributed by atoms with E-state index in [1.807, 2.05) is 13.0 Å². The number of unbranched alkanes of at least 4 members (excludes halogenated alkanes) is 1. The van der Waals surface area contributed by atoms with Crippen molar-refractivity contribution in [2.45, 2.75) is 26.2 Å². The summed E-state index contributed by atoms with van der Waals surface area (Å²) in [5.74, 6) is 2.16. The highest BCUT2D eigenvalue weighted by atomic mass is 16.3. The lowest BCUT2D eigenvalue weighted by Crippen LogP contribution is -2.43. The van der Waals surface area contributed by atoms with Crippen molar-refractivity contribution in [3.8, 4) is 0 Å². The van der Waals surface area contributed by atoms with Gasteiger partial charge in [0.2, 0.25) is 0 Å². The Morgan fingerprint density at radius 3 is 2.75 bits per heavy atom. The molecule has 1 saturated heterocycles. The maximum absolute atomic E-state index is 5.55. The van der Waals surface area contributed by atoms with E-state index in [2.05, 4.69) is 16.3 Å². The van der Waals surface area contributed by atoms with Crippen LogP contribution in [0, 0.1) is 6.92 Å². The molecule has 90 valence electrons. The van der Waals surface area contributed by atoms with E-state index < -0.39 is 0 Å². The van der Waals surface area contributed by atoms with E-state index in [1.165, 1.54) is 32.5 Å². The lowest BCUT2D eigenvalue weighted by atomic mass is 10.2. The molecule has 16 heavy (non-hydrogen) atoms. The fourth-order valence-corrected chi connectivity index (χ4v) is 2.19. The highest BCUT2D eigenvalue weighted by Gasteiger charge is 2.08. The SMILES string of the molecule is Cc1ccc(CCCCN2CCNCC2)o1. The van der Waals surface area contributed by atoms with Gasteiger partial charge >= 0.3 is 0 Å². The monoisotopic (exact) mass is 222 g/mol. The molecular formula is C13H22N2O. The zero-order chi connectivity index (χ0) is 11.2. The summed E-state index contributed by atoms with van der Waals surface area (Å²) in [5.41, 5.74) is 0. The van der Waals surface area contributed by atoms with Crippen LogP contribution in [0.5, 0.6) is 0 Å². The summed E-state index contributed by atoms with van der Waals surface area (Å²) in [6.45, 7) is 7.96. The van der Waals surface area contributed by atoms with Gasteiger partial charge in [-0.15, -0.1) is 0 Å². The predicted molar refractivity (Wildman–Crippen MR) is 65.7 cm³/mol. The molecule has 0 unspecified atom stereocenters. The van der Waals surface area contributed by atoms with Crippen LogP contribution < -0.4 is 5.32 Å². The summed E-state index contributed by atoms with van der Waals surface area (Å²) in [4.78, 5) is 2.55. The third kappa shape index (κ3) is 3.65. The van der Waals surface area contributed by atoms with Gasteiger partial charge in [0.1, 0.15) is 11.5 Å². The average Bonchev–Trinajstić information content (AvgIpc) is 2.72. The normalized spacial score (nSPS) is 17.8. The molecule has 2 heterocycles. The first-order chi connectivity index (χ1) is 7.84. The molecule has 1 aliphatic heterocycles. The lowest BCUT2D eigenvalue weighted by molar-refractivity contribution is 0.236. The molecule has 1 aliphatic rings. The predicted octanol–water partition coefficient (Wildman–Crippen LogP) is 1.82. The highest BCUT2D eigenvalue weighted by molar-refractivity contribution is 5.05. The molecule has 0 amide bonds. The zero-order valence-electron chi connectivity index (χ0n) is 10.2. The van der Waals surface area contributed by atoms with E-state index in [9.17, 15) is 0 Å². The Labute approximate surface area is 97.8 Å². The number of aryl methyl sites for hydroxylation is 2. The highest BCUT2D eigenvalue weighted by Crippen LogP contribution is 2.10. The van der Waals surface area contributed by atoms with E-state index >= 15 is 0 Å². The van der Waals surface area contributed by atoms with Gasteiger partial charge in [-0.3, -0.25) is 0 Å². The molecule has 1 fully saturated rings. The molecule has 0 aliphatic carbocycles. The van der Waals surface area contributed by atoms with Gasteiger partial charge in [-0.1, -0.05) is 0 Å². The van der Waals surface area contributed by atoms with Gasteiger partial charge in [-0.05, 0) is 38.4 Å². The van der Waals surface area contributed by atoms with Crippen molar-refractivity contribution in [2.24, 2.45) is 0 Å². The summed E-state index contributed by atoms with van der Waals surface area (Å²) in [6, 6.07) is 4.14. The van der Waals surface area contributed by atoms with Crippen LogP contribution in [0.15, 0.2) is 16.5 Å². The van der Waals surface area contributed by atoms with Gasteiger partial charge in [0.15, 0.2) is 0 Å². The summed E-state index contributed by atoms with van der Waals surface area (Å²) in [7, 11) is 0. The van der Waals surface area contributed by atoms with Gasteiger partial charge in [-0.2, -0.15) is 0 Å². The van der Waals surface area contributed by atoms with E-state index in [0.717, 1.165) is 31.0 Å². The lowest BCUT2D eigenvalue weighted by Gasteiger charge is -2.26. The molecule has 0 saturated carbocycles. The molecule has 1 aromatic heterocycles. The molecular weight excluding hydrogens is 200 g/mol. The number of hydrogen-bond acceptors (Lipinski definition) is 3. The van der Waals surface area contributed by atoms with Gasteiger partial charge in [0, 0.05) is 32.6 Å². The first kappa shape index (κ1) is 11.7. The second kappa shape index (κ2) is 6.06. The van der Waals surface area contributed by atoms with Crippen LogP contribution in [-0.2, 0) is 6.42 Å². The first-order valence-electron chi connectivity index (χ1n) is 6.33. The number of nitrogens with zero attached hydrogens (tertiary/aromatic N) is 1. The smallest absolute Gasteiger partial charge is 0.104 e. The molecule has 0 bridgehead atoms. The molecule has 1 aromatic rings. The minimum atomic E-state index is 1.03. The second-order valence-corrected chi connectivity index (χ2v) is 4.56. The standard InChI is InChI=1S/C13H22N2O/c1-12-5-6-13(16-12)4-2-3-9-15-10-7-14-8-11-15/h5-6,14H,2-4,7-11H2,1H3. The van der Waals surface area contributed by atoms with Crippen molar-refractivity contribution >= 4 is 0 Å². The molecule has 0 spiro atoms. The van der Waals surface area contributed by atoms with Crippen LogP contribution in [0.4, 0.5) is 0 Å². The fraction of sp³-hybridized carbons (Fsp3) is 0.692. The Morgan fingerprint density at radius 1 is 1.25 bits per heavy atom. The molecule has 2 rings (SSSR count). The second-order valence-electron chi connectivity index (χ2n) is 4.56. The molecule has 0 radical (unpaired) electrons. The molecule has 3 nitrogen and oxygen atoms in total. The number of hydrogen-bond donors (Lipinski definition) is 1. The van der Waals surface area contributed by atoms with Crippen molar-refractivity contribution in [2.75, 3.05) is 32.7 Å². The van der Waals surface area contributed by atoms with Crippen molar-refractivity contribution in [1.82, 2.24) is 10.2 Å². The van der Waals surface area contributed by atoms with Crippen LogP contribution in [0.3, 0.4) is 0 Å². The Hall–Kier alpha value is -0.800. The van der Waals surface area contributed by atoms with Crippen molar-refractivity contribution in [1.29, 1.82) is 0 Å². The molecule has 0 aromatic carbocycles. The quantitative estimate of drug-likeness (QED) is 0.770. The van der Waals surface area contributed by atoms with Crippen molar-refractivity contribution < 1.29 is 4.42 Å². The van der Waals surface area contributed by atoms with Gasteiger partial charge < -0.3 is 14.6 Å². The van der Waals surface area contributed by atoms with Crippen LogP contribution >= 0.6 is 0 Å². The largest absolute Gasteiger partial charge is 0.466 e. The fourth-order valence-electron chi connectivity index (χ4n) is 2.19. The topological polar surface area (TPSA) is 28.4 Å². The molecule has 3 heteroatoms. The van der Waals surface area contributed by atoms with Gasteiger partial charge in [-0.25, -0.2) is 0 Å². The van der Waals surface area contributed by atoms with Crippen LogP contribution in [0.25, 0.3) is 0 Å². The van der Waals surface area contributed by atoms with E-state index in [0.29, 0.717) is 0 Å². The number of piperazine rings is 1. The van der Waals surface area contributed by atoms with Crippen molar-refractivity contribution in [3.63, 3.8) is 0 Å². The summed E-state index contributed by atoms with van der Waals surface area (Å²) in [5, 5.41) is 3.38. The Kier molecular flexibility index (Phi) is 4.43. The van der Waals surface area contributed by atoms with E-state index in [4.69, 9.17) is 4.42 Å². The Bertz CT molecular complexity index is 303. The van der Waals surface area contributed by atoms with Crippen LogP contribution in [-0.4, -0.2) is 37.6 Å². The first-order valence-corrected chi connectivity index (χ1v) is 6.33. The van der Waals surface area contributed by atoms with Gasteiger partial charge in [0.05, 0.1) is 0 Å². The number of rotatable bonds is 5. The summed E-state index contributed by atoms with van der Waals surface area (Å²) in [6.07, 6.45) is 3.59. The maximum atomic E-state index is 5.55. The number of furan rings is 1. The van der Waals surface area contributed by atoms with Crippen LogP contribution in [0.2, 0.25) is 0 Å². The third-order valence-electron chi connectivity index (χ3n) is 3.15. The summed E-state index contributed by atoms with van der Waals surface area (Å²) < 4.78 is 5.55. The van der Waals surface area contributed by atoms with E-state index in [1.54, 1.807) is 0 Å². The minimum Gasteiger partial charge on any atom is -0.466 e. The van der Waals surface area contributed by atoms with Crippen LogP contribution in [0.1, 0.15) is 24.4 Å². The number of nitrogens with one attached hydrogen (secondary N) is 1. The Morgan fingerprint density at radius 2 is 2.06 bits per heavy atom. The molecule has 0 atom stereocenters. The average molecular weight is 222 g/mol. The Balaban J connectivity index is 1.57. The minimum absolute atomic E-state index is 1.03. The van der Waals surface area contributed by atoms with E-state index in [-0.39, 0.29) is 0 Å². The van der Waals surface area contributed by atoms with Gasteiger partial charge in [0.25, 0.3) is 0 Å². The molecule has 1 N–H and O–H groups in total. The maximum Gasteiger partial charge on any atom is 0.104 e. The third-order valence-corrected chi connectivity index (χ3v) is 3.15.